The second kappa shape index (κ2) is 8.32. The second-order valence-corrected chi connectivity index (χ2v) is 6.26. The molecule has 1 aromatic heterocycles. The number of benzene rings is 1. The van der Waals surface area contributed by atoms with Crippen LogP contribution in [0, 0.1) is 5.92 Å². The Morgan fingerprint density at radius 3 is 2.48 bits per heavy atom. The Bertz CT molecular complexity index is 626. The highest BCUT2D eigenvalue weighted by atomic mass is 16.1. The number of hydrogen-bond acceptors (Lipinski definition) is 3. The summed E-state index contributed by atoms with van der Waals surface area (Å²) in [7, 11) is 0. The Kier molecular flexibility index (Phi) is 6.15. The number of carbonyl (C=O) groups excluding carboxylic acids is 1. The van der Waals surface area contributed by atoms with Crippen LogP contribution in [-0.4, -0.2) is 16.9 Å². The zero-order valence-electron chi connectivity index (χ0n) is 14.0. The minimum absolute atomic E-state index is 0.0315. The Labute approximate surface area is 138 Å². The van der Waals surface area contributed by atoms with Gasteiger partial charge in [0.2, 0.25) is 0 Å². The maximum atomic E-state index is 12.5. The van der Waals surface area contributed by atoms with Crippen LogP contribution in [0.15, 0.2) is 48.8 Å². The van der Waals surface area contributed by atoms with E-state index in [9.17, 15) is 4.79 Å². The van der Waals surface area contributed by atoms with E-state index in [2.05, 4.69) is 29.5 Å². The first-order valence-electron chi connectivity index (χ1n) is 8.09. The summed E-state index contributed by atoms with van der Waals surface area (Å²) >= 11 is 0. The van der Waals surface area contributed by atoms with Gasteiger partial charge < -0.3 is 10.6 Å². The summed E-state index contributed by atoms with van der Waals surface area (Å²) in [6, 6.07) is 11.7. The van der Waals surface area contributed by atoms with Gasteiger partial charge in [-0.25, -0.2) is 0 Å². The van der Waals surface area contributed by atoms with E-state index >= 15 is 0 Å². The Morgan fingerprint density at radius 2 is 1.78 bits per heavy atom. The van der Waals surface area contributed by atoms with Gasteiger partial charge in [0.15, 0.2) is 0 Å². The summed E-state index contributed by atoms with van der Waals surface area (Å²) in [5.41, 5.74) is 2.65. The van der Waals surface area contributed by atoms with E-state index in [-0.39, 0.29) is 11.9 Å². The molecule has 0 saturated carbocycles. The number of carbonyl (C=O) groups is 1. The molecule has 1 amide bonds. The molecule has 0 spiro atoms. The first kappa shape index (κ1) is 17.0. The molecule has 4 nitrogen and oxygen atoms in total. The van der Waals surface area contributed by atoms with Crippen LogP contribution < -0.4 is 10.6 Å². The average molecular weight is 311 g/mol. The summed E-state index contributed by atoms with van der Waals surface area (Å²) in [5.74, 6) is 0.529. The Hall–Kier alpha value is -2.36. The molecule has 122 valence electrons. The molecule has 0 aliphatic heterocycles. The van der Waals surface area contributed by atoms with Crippen LogP contribution in [0.4, 0.5) is 5.69 Å². The molecule has 1 unspecified atom stereocenters. The lowest BCUT2D eigenvalue weighted by Gasteiger charge is -2.18. The largest absolute Gasteiger partial charge is 0.380 e. The number of para-hydroxylation sites is 1. The summed E-state index contributed by atoms with van der Waals surface area (Å²) in [5, 5.41) is 6.41. The smallest absolute Gasteiger partial charge is 0.253 e. The van der Waals surface area contributed by atoms with E-state index in [0.717, 1.165) is 17.7 Å². The van der Waals surface area contributed by atoms with Gasteiger partial charge in [-0.2, -0.15) is 0 Å². The SMILES string of the molecule is CC(C)CC(C)NC(=O)c1ccccc1NCc1ccncc1. The topological polar surface area (TPSA) is 54.0 Å². The highest BCUT2D eigenvalue weighted by Crippen LogP contribution is 2.17. The van der Waals surface area contributed by atoms with Gasteiger partial charge in [0, 0.05) is 30.7 Å². The van der Waals surface area contributed by atoms with Crippen molar-refractivity contribution >= 4 is 11.6 Å². The van der Waals surface area contributed by atoms with E-state index in [1.807, 2.05) is 43.3 Å². The number of aromatic nitrogens is 1. The van der Waals surface area contributed by atoms with Gasteiger partial charge in [0.1, 0.15) is 0 Å². The van der Waals surface area contributed by atoms with Crippen molar-refractivity contribution < 1.29 is 4.79 Å². The number of anilines is 1. The van der Waals surface area contributed by atoms with Crippen molar-refractivity contribution in [2.45, 2.75) is 39.8 Å². The predicted octanol–water partition coefficient (Wildman–Crippen LogP) is 3.86. The molecule has 0 radical (unpaired) electrons. The first-order valence-corrected chi connectivity index (χ1v) is 8.09. The highest BCUT2D eigenvalue weighted by Gasteiger charge is 2.14. The van der Waals surface area contributed by atoms with Crippen LogP contribution in [0.3, 0.4) is 0 Å². The monoisotopic (exact) mass is 311 g/mol. The summed E-state index contributed by atoms with van der Waals surface area (Å²) in [4.78, 5) is 16.5. The van der Waals surface area contributed by atoms with Crippen LogP contribution in [0.5, 0.6) is 0 Å². The molecule has 4 heteroatoms. The molecule has 23 heavy (non-hydrogen) atoms. The maximum absolute atomic E-state index is 12.5. The minimum atomic E-state index is -0.0315. The third-order valence-corrected chi connectivity index (χ3v) is 3.61. The van der Waals surface area contributed by atoms with E-state index in [1.54, 1.807) is 12.4 Å². The fourth-order valence-corrected chi connectivity index (χ4v) is 2.60. The molecular weight excluding hydrogens is 286 g/mol. The minimum Gasteiger partial charge on any atom is -0.380 e. The second-order valence-electron chi connectivity index (χ2n) is 6.26. The Morgan fingerprint density at radius 1 is 1.09 bits per heavy atom. The third kappa shape index (κ3) is 5.40. The number of amides is 1. The van der Waals surface area contributed by atoms with Gasteiger partial charge in [0.25, 0.3) is 5.91 Å². The quantitative estimate of drug-likeness (QED) is 0.816. The summed E-state index contributed by atoms with van der Waals surface area (Å²) in [6.07, 6.45) is 4.50. The standard InChI is InChI=1S/C19H25N3O/c1-14(2)12-15(3)22-19(23)17-6-4-5-7-18(17)21-13-16-8-10-20-11-9-16/h4-11,14-15,21H,12-13H2,1-3H3,(H,22,23). The van der Waals surface area contributed by atoms with Gasteiger partial charge in [-0.3, -0.25) is 9.78 Å². The van der Waals surface area contributed by atoms with Gasteiger partial charge in [0.05, 0.1) is 5.56 Å². The number of hydrogen-bond donors (Lipinski definition) is 2. The molecule has 0 aliphatic carbocycles. The van der Waals surface area contributed by atoms with Gasteiger partial charge in [-0.05, 0) is 49.1 Å². The Balaban J connectivity index is 2.03. The molecule has 0 aliphatic rings. The highest BCUT2D eigenvalue weighted by molar-refractivity contribution is 5.99. The van der Waals surface area contributed by atoms with Crippen LogP contribution >= 0.6 is 0 Å². The fraction of sp³-hybridized carbons (Fsp3) is 0.368. The van der Waals surface area contributed by atoms with Crippen LogP contribution in [0.2, 0.25) is 0 Å². The van der Waals surface area contributed by atoms with Crippen LogP contribution in [0.1, 0.15) is 43.1 Å². The van der Waals surface area contributed by atoms with Gasteiger partial charge in [-0.1, -0.05) is 26.0 Å². The van der Waals surface area contributed by atoms with Crippen molar-refractivity contribution in [3.8, 4) is 0 Å². The summed E-state index contributed by atoms with van der Waals surface area (Å²) in [6.45, 7) is 7.03. The molecule has 0 fully saturated rings. The van der Waals surface area contributed by atoms with Crippen molar-refractivity contribution in [2.75, 3.05) is 5.32 Å². The molecule has 1 heterocycles. The first-order chi connectivity index (χ1) is 11.1. The molecule has 2 aromatic rings. The van der Waals surface area contributed by atoms with E-state index in [4.69, 9.17) is 0 Å². The van der Waals surface area contributed by atoms with E-state index < -0.39 is 0 Å². The van der Waals surface area contributed by atoms with Crippen LogP contribution in [0.25, 0.3) is 0 Å². The number of nitrogens with zero attached hydrogens (tertiary/aromatic N) is 1. The molecule has 0 bridgehead atoms. The average Bonchev–Trinajstić information content (AvgIpc) is 2.53. The van der Waals surface area contributed by atoms with Crippen molar-refractivity contribution in [3.63, 3.8) is 0 Å². The van der Waals surface area contributed by atoms with Crippen molar-refractivity contribution in [2.24, 2.45) is 5.92 Å². The molecule has 1 atom stereocenters. The summed E-state index contributed by atoms with van der Waals surface area (Å²) < 4.78 is 0. The number of rotatable bonds is 7. The molecule has 0 saturated heterocycles. The molecule has 2 N–H and O–H groups in total. The van der Waals surface area contributed by atoms with Crippen molar-refractivity contribution in [3.05, 3.63) is 59.9 Å². The van der Waals surface area contributed by atoms with Crippen LogP contribution in [-0.2, 0) is 6.54 Å². The van der Waals surface area contributed by atoms with Gasteiger partial charge >= 0.3 is 0 Å². The maximum Gasteiger partial charge on any atom is 0.253 e. The van der Waals surface area contributed by atoms with E-state index in [1.165, 1.54) is 0 Å². The molecular formula is C19H25N3O. The lowest BCUT2D eigenvalue weighted by Crippen LogP contribution is -2.33. The zero-order valence-corrected chi connectivity index (χ0v) is 14.0. The lowest BCUT2D eigenvalue weighted by molar-refractivity contribution is 0.0937. The van der Waals surface area contributed by atoms with Crippen molar-refractivity contribution in [1.29, 1.82) is 0 Å². The molecule has 2 rings (SSSR count). The normalized spacial score (nSPS) is 12.0. The fourth-order valence-electron chi connectivity index (χ4n) is 2.60. The predicted molar refractivity (Wildman–Crippen MR) is 94.4 cm³/mol. The number of nitrogens with one attached hydrogen (secondary N) is 2. The molecule has 1 aromatic carbocycles. The van der Waals surface area contributed by atoms with E-state index in [0.29, 0.717) is 18.0 Å². The zero-order chi connectivity index (χ0) is 16.7. The lowest BCUT2D eigenvalue weighted by atomic mass is 10.0. The third-order valence-electron chi connectivity index (χ3n) is 3.61. The number of pyridine rings is 1. The van der Waals surface area contributed by atoms with Gasteiger partial charge in [-0.15, -0.1) is 0 Å². The van der Waals surface area contributed by atoms with Crippen molar-refractivity contribution in [1.82, 2.24) is 10.3 Å².